The van der Waals surface area contributed by atoms with Crippen LogP contribution in [0.3, 0.4) is 0 Å². The molecule has 0 fully saturated rings. The van der Waals surface area contributed by atoms with Crippen molar-refractivity contribution in [3.05, 3.63) is 71.7 Å². The van der Waals surface area contributed by atoms with Crippen LogP contribution in [0.5, 0.6) is 0 Å². The van der Waals surface area contributed by atoms with Crippen LogP contribution in [0.4, 0.5) is 0 Å². The predicted molar refractivity (Wildman–Crippen MR) is 83.5 cm³/mol. The van der Waals surface area contributed by atoms with Crippen molar-refractivity contribution in [1.82, 2.24) is 20.5 Å². The first kappa shape index (κ1) is 13.5. The highest BCUT2D eigenvalue weighted by atomic mass is 15.1. The fraction of sp³-hybridized carbons (Fsp3) is 0.176. The van der Waals surface area contributed by atoms with Gasteiger partial charge in [0, 0.05) is 31.0 Å². The van der Waals surface area contributed by atoms with E-state index in [1.165, 1.54) is 16.7 Å². The molecule has 4 nitrogen and oxygen atoms in total. The Bertz CT molecular complexity index is 686. The molecule has 106 valence electrons. The smallest absolute Gasteiger partial charge is 0.0695 e. The summed E-state index contributed by atoms with van der Waals surface area (Å²) in [5.41, 5.74) is 5.85. The van der Waals surface area contributed by atoms with Crippen LogP contribution in [-0.2, 0) is 13.1 Å². The maximum atomic E-state index is 4.17. The lowest BCUT2D eigenvalue weighted by atomic mass is 10.1. The van der Waals surface area contributed by atoms with E-state index in [4.69, 9.17) is 0 Å². The molecule has 4 heteroatoms. The lowest BCUT2D eigenvalue weighted by Gasteiger charge is -2.06. The van der Waals surface area contributed by atoms with Crippen molar-refractivity contribution >= 4 is 0 Å². The van der Waals surface area contributed by atoms with E-state index in [0.717, 1.165) is 24.3 Å². The van der Waals surface area contributed by atoms with E-state index in [-0.39, 0.29) is 0 Å². The third kappa shape index (κ3) is 3.35. The predicted octanol–water partition coefficient (Wildman–Crippen LogP) is 3.07. The van der Waals surface area contributed by atoms with Gasteiger partial charge in [0.15, 0.2) is 0 Å². The maximum Gasteiger partial charge on any atom is 0.0695 e. The van der Waals surface area contributed by atoms with Crippen LogP contribution in [0.15, 0.2) is 55.0 Å². The number of nitrogens with zero attached hydrogens (tertiary/aromatic N) is 2. The van der Waals surface area contributed by atoms with E-state index in [2.05, 4.69) is 57.8 Å². The highest BCUT2D eigenvalue weighted by Gasteiger charge is 2.07. The molecule has 0 atom stereocenters. The molecule has 0 aliphatic heterocycles. The third-order valence-electron chi connectivity index (χ3n) is 3.43. The molecule has 0 amide bonds. The number of aromatic amines is 1. The highest BCUT2D eigenvalue weighted by Crippen LogP contribution is 2.21. The van der Waals surface area contributed by atoms with Crippen LogP contribution < -0.4 is 5.32 Å². The summed E-state index contributed by atoms with van der Waals surface area (Å²) in [7, 11) is 0. The molecule has 0 aliphatic carbocycles. The minimum absolute atomic E-state index is 0.772. The largest absolute Gasteiger partial charge is 0.308 e. The fourth-order valence-corrected chi connectivity index (χ4v) is 2.26. The first-order chi connectivity index (χ1) is 10.3. The molecule has 0 bridgehead atoms. The quantitative estimate of drug-likeness (QED) is 0.754. The SMILES string of the molecule is Cc1ccc(-c2[nH]ncc2CNCc2cccnc2)cc1. The summed E-state index contributed by atoms with van der Waals surface area (Å²) in [4.78, 5) is 4.12. The monoisotopic (exact) mass is 278 g/mol. The van der Waals surface area contributed by atoms with Crippen molar-refractivity contribution in [3.8, 4) is 11.3 Å². The van der Waals surface area contributed by atoms with Crippen LogP contribution in [0.25, 0.3) is 11.3 Å². The van der Waals surface area contributed by atoms with E-state index in [1.807, 2.05) is 18.5 Å². The zero-order valence-corrected chi connectivity index (χ0v) is 12.0. The Hall–Kier alpha value is -2.46. The van der Waals surface area contributed by atoms with Gasteiger partial charge in [-0.25, -0.2) is 0 Å². The Morgan fingerprint density at radius 3 is 2.67 bits per heavy atom. The van der Waals surface area contributed by atoms with Gasteiger partial charge in [-0.05, 0) is 24.1 Å². The number of aryl methyl sites for hydroxylation is 1. The van der Waals surface area contributed by atoms with Crippen LogP contribution in [0.2, 0.25) is 0 Å². The first-order valence-electron chi connectivity index (χ1n) is 7.02. The van der Waals surface area contributed by atoms with Crippen molar-refractivity contribution < 1.29 is 0 Å². The van der Waals surface area contributed by atoms with Gasteiger partial charge in [0.05, 0.1) is 11.9 Å². The minimum Gasteiger partial charge on any atom is -0.308 e. The fourth-order valence-electron chi connectivity index (χ4n) is 2.26. The molecule has 3 rings (SSSR count). The lowest BCUT2D eigenvalue weighted by molar-refractivity contribution is 0.692. The Morgan fingerprint density at radius 1 is 1.05 bits per heavy atom. The Morgan fingerprint density at radius 2 is 1.90 bits per heavy atom. The molecular weight excluding hydrogens is 260 g/mol. The molecule has 0 aliphatic rings. The van der Waals surface area contributed by atoms with Crippen LogP contribution in [0, 0.1) is 6.92 Å². The number of hydrogen-bond acceptors (Lipinski definition) is 3. The number of aromatic nitrogens is 3. The lowest BCUT2D eigenvalue weighted by Crippen LogP contribution is -2.12. The molecule has 0 unspecified atom stereocenters. The van der Waals surface area contributed by atoms with E-state index >= 15 is 0 Å². The average molecular weight is 278 g/mol. The number of pyridine rings is 1. The standard InChI is InChI=1S/C17H18N4/c1-13-4-6-15(7-5-13)17-16(12-20-21-17)11-19-10-14-3-2-8-18-9-14/h2-9,12,19H,10-11H2,1H3,(H,20,21). The second-order valence-corrected chi connectivity index (χ2v) is 5.10. The molecule has 3 aromatic rings. The Balaban J connectivity index is 1.67. The van der Waals surface area contributed by atoms with E-state index < -0.39 is 0 Å². The highest BCUT2D eigenvalue weighted by molar-refractivity contribution is 5.62. The number of benzene rings is 1. The van der Waals surface area contributed by atoms with Gasteiger partial charge in [-0.2, -0.15) is 5.10 Å². The van der Waals surface area contributed by atoms with Gasteiger partial charge in [0.1, 0.15) is 0 Å². The molecule has 1 aromatic carbocycles. The molecule has 2 heterocycles. The van der Waals surface area contributed by atoms with Crippen molar-refractivity contribution in [2.45, 2.75) is 20.0 Å². The summed E-state index contributed by atoms with van der Waals surface area (Å²) in [6.45, 7) is 3.66. The molecular formula is C17H18N4. The summed E-state index contributed by atoms with van der Waals surface area (Å²) in [5, 5.41) is 10.7. The van der Waals surface area contributed by atoms with Crippen molar-refractivity contribution in [2.75, 3.05) is 0 Å². The Labute approximate surface area is 124 Å². The van der Waals surface area contributed by atoms with Crippen molar-refractivity contribution in [3.63, 3.8) is 0 Å². The van der Waals surface area contributed by atoms with Crippen LogP contribution in [-0.4, -0.2) is 15.2 Å². The molecule has 21 heavy (non-hydrogen) atoms. The van der Waals surface area contributed by atoms with Gasteiger partial charge < -0.3 is 5.32 Å². The van der Waals surface area contributed by atoms with Gasteiger partial charge in [0.2, 0.25) is 0 Å². The molecule has 0 saturated carbocycles. The number of rotatable bonds is 5. The summed E-state index contributed by atoms with van der Waals surface area (Å²) < 4.78 is 0. The minimum atomic E-state index is 0.772. The number of hydrogen-bond donors (Lipinski definition) is 2. The van der Waals surface area contributed by atoms with Gasteiger partial charge in [-0.3, -0.25) is 10.1 Å². The zero-order valence-electron chi connectivity index (χ0n) is 12.0. The van der Waals surface area contributed by atoms with Gasteiger partial charge in [-0.1, -0.05) is 35.9 Å². The number of H-pyrrole nitrogens is 1. The summed E-state index contributed by atoms with van der Waals surface area (Å²) in [6.07, 6.45) is 5.55. The van der Waals surface area contributed by atoms with Crippen molar-refractivity contribution in [2.24, 2.45) is 0 Å². The topological polar surface area (TPSA) is 53.6 Å². The van der Waals surface area contributed by atoms with Crippen LogP contribution in [0.1, 0.15) is 16.7 Å². The zero-order chi connectivity index (χ0) is 14.5. The third-order valence-corrected chi connectivity index (χ3v) is 3.43. The van der Waals surface area contributed by atoms with E-state index in [1.54, 1.807) is 6.20 Å². The molecule has 2 aromatic heterocycles. The molecule has 0 radical (unpaired) electrons. The normalized spacial score (nSPS) is 10.7. The first-order valence-corrected chi connectivity index (χ1v) is 7.02. The summed E-state index contributed by atoms with van der Waals surface area (Å²) in [6, 6.07) is 12.5. The average Bonchev–Trinajstić information content (AvgIpc) is 2.98. The molecule has 2 N–H and O–H groups in total. The molecule has 0 saturated heterocycles. The second-order valence-electron chi connectivity index (χ2n) is 5.10. The number of nitrogens with one attached hydrogen (secondary N) is 2. The van der Waals surface area contributed by atoms with Crippen molar-refractivity contribution in [1.29, 1.82) is 0 Å². The van der Waals surface area contributed by atoms with Crippen LogP contribution >= 0.6 is 0 Å². The van der Waals surface area contributed by atoms with Gasteiger partial charge in [-0.15, -0.1) is 0 Å². The van der Waals surface area contributed by atoms with E-state index in [9.17, 15) is 0 Å². The second kappa shape index (κ2) is 6.33. The van der Waals surface area contributed by atoms with Gasteiger partial charge in [0.25, 0.3) is 0 Å². The van der Waals surface area contributed by atoms with E-state index in [0.29, 0.717) is 0 Å². The maximum absolute atomic E-state index is 4.17. The summed E-state index contributed by atoms with van der Waals surface area (Å²) in [5.74, 6) is 0. The summed E-state index contributed by atoms with van der Waals surface area (Å²) >= 11 is 0. The Kier molecular flexibility index (Phi) is 4.07. The van der Waals surface area contributed by atoms with Gasteiger partial charge >= 0.3 is 0 Å². The molecule has 0 spiro atoms.